The molecule has 0 bridgehead atoms. The molecule has 1 N–H and O–H groups in total. The number of hydrogen-bond donors (Lipinski definition) is 1. The number of nitrogens with one attached hydrogen (secondary N) is 1. The fourth-order valence-electron chi connectivity index (χ4n) is 1.48. The molecule has 0 radical (unpaired) electrons. The Morgan fingerprint density at radius 3 is 2.76 bits per heavy atom. The van der Waals surface area contributed by atoms with Gasteiger partial charge in [-0.2, -0.15) is 15.0 Å². The van der Waals surface area contributed by atoms with Crippen molar-refractivity contribution < 1.29 is 0 Å². The van der Waals surface area contributed by atoms with Crippen LogP contribution in [-0.4, -0.2) is 21.0 Å². The van der Waals surface area contributed by atoms with Crippen molar-refractivity contribution in [1.29, 1.82) is 0 Å². The van der Waals surface area contributed by atoms with Crippen molar-refractivity contribution in [2.45, 2.75) is 32.9 Å². The predicted molar refractivity (Wildman–Crippen MR) is 68.0 cm³/mol. The summed E-state index contributed by atoms with van der Waals surface area (Å²) in [5.41, 5.74) is 1.96. The molecule has 2 rings (SSSR count). The van der Waals surface area contributed by atoms with Gasteiger partial charge in [0.15, 0.2) is 0 Å². The number of para-hydroxylation sites is 1. The van der Waals surface area contributed by atoms with Crippen LogP contribution in [0.25, 0.3) is 5.69 Å². The van der Waals surface area contributed by atoms with Crippen molar-refractivity contribution >= 4 is 0 Å². The summed E-state index contributed by atoms with van der Waals surface area (Å²) in [6.45, 7) is 5.10. The summed E-state index contributed by atoms with van der Waals surface area (Å²) < 4.78 is 0. The Morgan fingerprint density at radius 1 is 1.29 bits per heavy atom. The van der Waals surface area contributed by atoms with E-state index in [2.05, 4.69) is 29.4 Å². The minimum absolute atomic E-state index is 0.511. The van der Waals surface area contributed by atoms with E-state index in [0.717, 1.165) is 24.3 Å². The van der Waals surface area contributed by atoms with E-state index in [1.54, 1.807) is 4.80 Å². The number of aromatic nitrogens is 3. The van der Waals surface area contributed by atoms with E-state index < -0.39 is 0 Å². The summed E-state index contributed by atoms with van der Waals surface area (Å²) in [6, 6.07) is 10.4. The van der Waals surface area contributed by atoms with Gasteiger partial charge in [0.25, 0.3) is 0 Å². The Hall–Kier alpha value is -1.68. The lowest BCUT2D eigenvalue weighted by Gasteiger charge is -2.08. The highest BCUT2D eigenvalue weighted by Crippen LogP contribution is 2.04. The molecule has 2 aromatic rings. The van der Waals surface area contributed by atoms with Crippen LogP contribution in [0.1, 0.15) is 26.0 Å². The first-order chi connectivity index (χ1) is 8.29. The van der Waals surface area contributed by atoms with Crippen molar-refractivity contribution in [2.75, 3.05) is 0 Å². The maximum Gasteiger partial charge on any atom is 0.0969 e. The third-order valence-electron chi connectivity index (χ3n) is 2.77. The van der Waals surface area contributed by atoms with Crippen molar-refractivity contribution in [3.05, 3.63) is 42.2 Å². The molecule has 4 nitrogen and oxygen atoms in total. The van der Waals surface area contributed by atoms with Gasteiger partial charge in [-0.1, -0.05) is 25.1 Å². The third kappa shape index (κ3) is 3.14. The zero-order chi connectivity index (χ0) is 12.1. The lowest BCUT2D eigenvalue weighted by atomic mass is 10.2. The molecule has 0 spiro atoms. The summed E-state index contributed by atoms with van der Waals surface area (Å²) in [4.78, 5) is 1.66. The smallest absolute Gasteiger partial charge is 0.0969 e. The summed E-state index contributed by atoms with van der Waals surface area (Å²) in [5.74, 6) is 0. The standard InChI is InChI=1S/C13H18N4/c1-3-11(2)14-9-12-10-15-17(16-12)13-7-5-4-6-8-13/h4-8,10-11,14H,3,9H2,1-2H3. The first kappa shape index (κ1) is 11.8. The fourth-order valence-corrected chi connectivity index (χ4v) is 1.48. The zero-order valence-corrected chi connectivity index (χ0v) is 10.3. The number of nitrogens with zero attached hydrogens (tertiary/aromatic N) is 3. The maximum absolute atomic E-state index is 4.43. The first-order valence-electron chi connectivity index (χ1n) is 5.99. The van der Waals surface area contributed by atoms with E-state index >= 15 is 0 Å². The predicted octanol–water partition coefficient (Wildman–Crippen LogP) is 2.16. The van der Waals surface area contributed by atoms with Crippen LogP contribution >= 0.6 is 0 Å². The molecule has 1 aromatic heterocycles. The maximum atomic E-state index is 4.43. The van der Waals surface area contributed by atoms with Crippen molar-refractivity contribution in [3.8, 4) is 5.69 Å². The Labute approximate surface area is 102 Å². The quantitative estimate of drug-likeness (QED) is 0.856. The highest BCUT2D eigenvalue weighted by molar-refractivity contribution is 5.28. The number of benzene rings is 1. The van der Waals surface area contributed by atoms with Gasteiger partial charge in [-0.15, -0.1) is 0 Å². The van der Waals surface area contributed by atoms with Crippen LogP contribution in [0.5, 0.6) is 0 Å². The second kappa shape index (κ2) is 5.59. The molecule has 0 aliphatic rings. The molecule has 0 aliphatic heterocycles. The van der Waals surface area contributed by atoms with E-state index in [4.69, 9.17) is 0 Å². The Kier molecular flexibility index (Phi) is 3.88. The summed E-state index contributed by atoms with van der Waals surface area (Å²) in [5, 5.41) is 12.1. The molecular formula is C13H18N4. The van der Waals surface area contributed by atoms with Crippen molar-refractivity contribution in [1.82, 2.24) is 20.3 Å². The van der Waals surface area contributed by atoms with Crippen LogP contribution < -0.4 is 5.32 Å². The Morgan fingerprint density at radius 2 is 2.06 bits per heavy atom. The van der Waals surface area contributed by atoms with E-state index in [0.29, 0.717) is 6.04 Å². The largest absolute Gasteiger partial charge is 0.309 e. The lowest BCUT2D eigenvalue weighted by Crippen LogP contribution is -2.24. The average Bonchev–Trinajstić information content (AvgIpc) is 2.86. The van der Waals surface area contributed by atoms with Gasteiger partial charge in [-0.25, -0.2) is 0 Å². The minimum atomic E-state index is 0.511. The van der Waals surface area contributed by atoms with Crippen LogP contribution in [-0.2, 0) is 6.54 Å². The normalized spacial score (nSPS) is 12.6. The van der Waals surface area contributed by atoms with E-state index in [9.17, 15) is 0 Å². The average molecular weight is 230 g/mol. The number of rotatable bonds is 5. The van der Waals surface area contributed by atoms with E-state index in [-0.39, 0.29) is 0 Å². The van der Waals surface area contributed by atoms with Crippen LogP contribution in [0.2, 0.25) is 0 Å². The Bertz CT molecular complexity index is 449. The topological polar surface area (TPSA) is 42.7 Å². The van der Waals surface area contributed by atoms with Gasteiger partial charge < -0.3 is 5.32 Å². The summed E-state index contributed by atoms with van der Waals surface area (Å²) in [7, 11) is 0. The van der Waals surface area contributed by atoms with Crippen molar-refractivity contribution in [3.63, 3.8) is 0 Å². The molecule has 1 unspecified atom stereocenters. The molecule has 0 amide bonds. The van der Waals surface area contributed by atoms with Crippen LogP contribution in [0, 0.1) is 0 Å². The SMILES string of the molecule is CCC(C)NCc1cnn(-c2ccccc2)n1. The van der Waals surface area contributed by atoms with Crippen LogP contribution in [0.4, 0.5) is 0 Å². The molecular weight excluding hydrogens is 212 g/mol. The molecule has 1 heterocycles. The van der Waals surface area contributed by atoms with E-state index in [1.165, 1.54) is 0 Å². The van der Waals surface area contributed by atoms with Gasteiger partial charge in [0.2, 0.25) is 0 Å². The highest BCUT2D eigenvalue weighted by Gasteiger charge is 2.03. The van der Waals surface area contributed by atoms with Gasteiger partial charge in [-0.3, -0.25) is 0 Å². The first-order valence-corrected chi connectivity index (χ1v) is 5.99. The highest BCUT2D eigenvalue weighted by atomic mass is 15.5. The molecule has 0 saturated carbocycles. The molecule has 1 aromatic carbocycles. The fraction of sp³-hybridized carbons (Fsp3) is 0.385. The second-order valence-corrected chi connectivity index (χ2v) is 4.15. The lowest BCUT2D eigenvalue weighted by molar-refractivity contribution is 0.527. The molecule has 90 valence electrons. The van der Waals surface area contributed by atoms with Gasteiger partial charge in [-0.05, 0) is 25.5 Å². The molecule has 1 atom stereocenters. The number of hydrogen-bond acceptors (Lipinski definition) is 3. The minimum Gasteiger partial charge on any atom is -0.309 e. The molecule has 4 heteroatoms. The molecule has 0 aliphatic carbocycles. The third-order valence-corrected chi connectivity index (χ3v) is 2.77. The van der Waals surface area contributed by atoms with Crippen LogP contribution in [0.3, 0.4) is 0 Å². The van der Waals surface area contributed by atoms with Gasteiger partial charge in [0.1, 0.15) is 0 Å². The van der Waals surface area contributed by atoms with Crippen molar-refractivity contribution in [2.24, 2.45) is 0 Å². The zero-order valence-electron chi connectivity index (χ0n) is 10.3. The summed E-state index contributed by atoms with van der Waals surface area (Å²) in [6.07, 6.45) is 2.93. The summed E-state index contributed by atoms with van der Waals surface area (Å²) >= 11 is 0. The molecule has 17 heavy (non-hydrogen) atoms. The van der Waals surface area contributed by atoms with E-state index in [1.807, 2.05) is 36.5 Å². The van der Waals surface area contributed by atoms with Gasteiger partial charge in [0, 0.05) is 12.6 Å². The molecule has 0 fully saturated rings. The van der Waals surface area contributed by atoms with Gasteiger partial charge in [0.05, 0.1) is 17.6 Å². The Balaban J connectivity index is 2.01. The molecule has 0 saturated heterocycles. The monoisotopic (exact) mass is 230 g/mol. The van der Waals surface area contributed by atoms with Crippen LogP contribution in [0.15, 0.2) is 36.5 Å². The van der Waals surface area contributed by atoms with Gasteiger partial charge >= 0.3 is 0 Å². The second-order valence-electron chi connectivity index (χ2n) is 4.15.